The van der Waals surface area contributed by atoms with Gasteiger partial charge in [0.2, 0.25) is 0 Å². The Morgan fingerprint density at radius 2 is 1.89 bits per heavy atom. The first-order valence-electron chi connectivity index (χ1n) is 6.91. The molecule has 0 unspecified atom stereocenters. The van der Waals surface area contributed by atoms with Crippen LogP contribution >= 0.6 is 0 Å². The molecular weight excluding hydrogens is 236 g/mol. The van der Waals surface area contributed by atoms with Crippen molar-refractivity contribution in [1.82, 2.24) is 9.97 Å². The van der Waals surface area contributed by atoms with E-state index in [2.05, 4.69) is 16.9 Å². The number of phenolic OH excluding ortho intramolecular Hbond substituents is 1. The lowest BCUT2D eigenvalue weighted by molar-refractivity contribution is 0.477. The topological polar surface area (TPSA) is 46.0 Å². The summed E-state index contributed by atoms with van der Waals surface area (Å²) in [6.45, 7) is 2.21. The molecule has 19 heavy (non-hydrogen) atoms. The van der Waals surface area contributed by atoms with Crippen molar-refractivity contribution in [2.75, 3.05) is 0 Å². The number of rotatable bonds is 6. The van der Waals surface area contributed by atoms with Gasteiger partial charge in [-0.3, -0.25) is 0 Å². The van der Waals surface area contributed by atoms with Crippen LogP contribution < -0.4 is 0 Å². The van der Waals surface area contributed by atoms with Gasteiger partial charge in [0.15, 0.2) is 5.82 Å². The molecule has 1 aromatic heterocycles. The normalized spacial score (nSPS) is 10.6. The van der Waals surface area contributed by atoms with Crippen LogP contribution in [0.15, 0.2) is 36.5 Å². The van der Waals surface area contributed by atoms with E-state index in [0.717, 1.165) is 18.5 Å². The van der Waals surface area contributed by atoms with Gasteiger partial charge >= 0.3 is 0 Å². The molecule has 0 atom stereocenters. The van der Waals surface area contributed by atoms with Crippen LogP contribution in [0.25, 0.3) is 11.4 Å². The summed E-state index contributed by atoms with van der Waals surface area (Å²) < 4.78 is 0. The molecular formula is C16H20N2O. The van der Waals surface area contributed by atoms with Crippen LogP contribution in [0.1, 0.15) is 38.3 Å². The van der Waals surface area contributed by atoms with E-state index in [0.29, 0.717) is 11.4 Å². The average Bonchev–Trinajstić information content (AvgIpc) is 2.44. The van der Waals surface area contributed by atoms with Crippen LogP contribution in [0.4, 0.5) is 0 Å². The maximum atomic E-state index is 9.82. The van der Waals surface area contributed by atoms with E-state index in [1.807, 2.05) is 18.2 Å². The van der Waals surface area contributed by atoms with Gasteiger partial charge in [-0.25, -0.2) is 9.97 Å². The van der Waals surface area contributed by atoms with Crippen molar-refractivity contribution in [3.63, 3.8) is 0 Å². The summed E-state index contributed by atoms with van der Waals surface area (Å²) in [6.07, 6.45) is 7.66. The van der Waals surface area contributed by atoms with Gasteiger partial charge in [0, 0.05) is 11.9 Å². The number of para-hydroxylation sites is 1. The monoisotopic (exact) mass is 256 g/mol. The van der Waals surface area contributed by atoms with Crippen LogP contribution in [0.2, 0.25) is 0 Å². The quantitative estimate of drug-likeness (QED) is 0.795. The van der Waals surface area contributed by atoms with E-state index in [-0.39, 0.29) is 5.75 Å². The van der Waals surface area contributed by atoms with Crippen molar-refractivity contribution in [2.45, 2.75) is 39.0 Å². The standard InChI is InChI=1S/C16H20N2O/c1-2-3-4-5-8-13-11-12-17-16(18-13)14-9-6-7-10-15(14)19/h6-7,9-12,19H,2-5,8H2,1H3. The van der Waals surface area contributed by atoms with Crippen molar-refractivity contribution in [3.05, 3.63) is 42.2 Å². The molecule has 0 fully saturated rings. The van der Waals surface area contributed by atoms with Gasteiger partial charge in [-0.2, -0.15) is 0 Å². The Bertz CT molecular complexity index is 526. The number of aryl methyl sites for hydroxylation is 1. The molecule has 1 heterocycles. The zero-order valence-corrected chi connectivity index (χ0v) is 11.3. The lowest BCUT2D eigenvalue weighted by Crippen LogP contribution is -1.95. The van der Waals surface area contributed by atoms with Crippen LogP contribution in [-0.2, 0) is 6.42 Å². The van der Waals surface area contributed by atoms with Crippen molar-refractivity contribution in [1.29, 1.82) is 0 Å². The molecule has 0 saturated heterocycles. The second-order valence-corrected chi connectivity index (χ2v) is 4.70. The Morgan fingerprint density at radius 3 is 2.68 bits per heavy atom. The lowest BCUT2D eigenvalue weighted by atomic mass is 10.1. The van der Waals surface area contributed by atoms with Gasteiger partial charge in [0.1, 0.15) is 5.75 Å². The van der Waals surface area contributed by atoms with Crippen LogP contribution in [0.5, 0.6) is 5.75 Å². The molecule has 0 aliphatic rings. The summed E-state index contributed by atoms with van der Waals surface area (Å²) in [5.41, 5.74) is 1.74. The Morgan fingerprint density at radius 1 is 1.05 bits per heavy atom. The maximum Gasteiger partial charge on any atom is 0.163 e. The van der Waals surface area contributed by atoms with Crippen molar-refractivity contribution >= 4 is 0 Å². The van der Waals surface area contributed by atoms with Gasteiger partial charge in [-0.05, 0) is 31.0 Å². The Kier molecular flexibility index (Phi) is 4.90. The van der Waals surface area contributed by atoms with E-state index < -0.39 is 0 Å². The molecule has 0 saturated carbocycles. The summed E-state index contributed by atoms with van der Waals surface area (Å²) in [5.74, 6) is 0.830. The first-order valence-corrected chi connectivity index (χ1v) is 6.91. The number of aromatic hydroxyl groups is 1. The largest absolute Gasteiger partial charge is 0.507 e. The predicted octanol–water partition coefficient (Wildman–Crippen LogP) is 3.97. The molecule has 1 N–H and O–H groups in total. The van der Waals surface area contributed by atoms with E-state index in [1.54, 1.807) is 18.3 Å². The number of benzene rings is 1. The molecule has 100 valence electrons. The van der Waals surface area contributed by atoms with Gasteiger partial charge < -0.3 is 5.11 Å². The SMILES string of the molecule is CCCCCCc1ccnc(-c2ccccc2O)n1. The minimum absolute atomic E-state index is 0.227. The molecule has 0 aliphatic heterocycles. The first kappa shape index (κ1) is 13.5. The van der Waals surface area contributed by atoms with Gasteiger partial charge in [0.25, 0.3) is 0 Å². The number of phenols is 1. The highest BCUT2D eigenvalue weighted by Gasteiger charge is 2.06. The molecule has 0 bridgehead atoms. The Hall–Kier alpha value is -1.90. The van der Waals surface area contributed by atoms with Crippen LogP contribution in [-0.4, -0.2) is 15.1 Å². The smallest absolute Gasteiger partial charge is 0.163 e. The summed E-state index contributed by atoms with van der Waals surface area (Å²) in [7, 11) is 0. The summed E-state index contributed by atoms with van der Waals surface area (Å²) in [4.78, 5) is 8.77. The van der Waals surface area contributed by atoms with E-state index >= 15 is 0 Å². The minimum Gasteiger partial charge on any atom is -0.507 e. The molecule has 0 amide bonds. The van der Waals surface area contributed by atoms with Crippen molar-refractivity contribution in [2.24, 2.45) is 0 Å². The third-order valence-corrected chi connectivity index (χ3v) is 3.14. The number of nitrogens with zero attached hydrogens (tertiary/aromatic N) is 2. The third kappa shape index (κ3) is 3.78. The molecule has 0 spiro atoms. The molecule has 2 rings (SSSR count). The van der Waals surface area contributed by atoms with E-state index in [4.69, 9.17) is 0 Å². The molecule has 0 radical (unpaired) electrons. The zero-order valence-electron chi connectivity index (χ0n) is 11.3. The molecule has 3 heteroatoms. The predicted molar refractivity (Wildman–Crippen MR) is 77.0 cm³/mol. The van der Waals surface area contributed by atoms with Crippen LogP contribution in [0.3, 0.4) is 0 Å². The fraction of sp³-hybridized carbons (Fsp3) is 0.375. The third-order valence-electron chi connectivity index (χ3n) is 3.14. The minimum atomic E-state index is 0.227. The highest BCUT2D eigenvalue weighted by Crippen LogP contribution is 2.25. The van der Waals surface area contributed by atoms with E-state index in [9.17, 15) is 5.11 Å². The number of hydrogen-bond donors (Lipinski definition) is 1. The lowest BCUT2D eigenvalue weighted by Gasteiger charge is -2.05. The zero-order chi connectivity index (χ0) is 13.5. The fourth-order valence-electron chi connectivity index (χ4n) is 2.06. The van der Waals surface area contributed by atoms with Gasteiger partial charge in [-0.15, -0.1) is 0 Å². The van der Waals surface area contributed by atoms with Crippen molar-refractivity contribution in [3.8, 4) is 17.1 Å². The van der Waals surface area contributed by atoms with Crippen LogP contribution in [0, 0.1) is 0 Å². The number of hydrogen-bond acceptors (Lipinski definition) is 3. The number of aromatic nitrogens is 2. The average molecular weight is 256 g/mol. The summed E-state index contributed by atoms with van der Waals surface area (Å²) >= 11 is 0. The molecule has 0 aliphatic carbocycles. The molecule has 1 aromatic carbocycles. The van der Waals surface area contributed by atoms with Crippen molar-refractivity contribution < 1.29 is 5.11 Å². The fourth-order valence-corrected chi connectivity index (χ4v) is 2.06. The number of unbranched alkanes of at least 4 members (excludes halogenated alkanes) is 3. The van der Waals surface area contributed by atoms with Gasteiger partial charge in [0.05, 0.1) is 5.56 Å². The highest BCUT2D eigenvalue weighted by molar-refractivity contribution is 5.63. The van der Waals surface area contributed by atoms with Gasteiger partial charge in [-0.1, -0.05) is 38.3 Å². The molecule has 3 nitrogen and oxygen atoms in total. The second-order valence-electron chi connectivity index (χ2n) is 4.70. The van der Waals surface area contributed by atoms with E-state index in [1.165, 1.54) is 19.3 Å². The second kappa shape index (κ2) is 6.88. The summed E-state index contributed by atoms with van der Waals surface area (Å²) in [5, 5.41) is 9.82. The maximum absolute atomic E-state index is 9.82. The Balaban J connectivity index is 2.09. The highest BCUT2D eigenvalue weighted by atomic mass is 16.3. The molecule has 2 aromatic rings. The Labute approximate surface area is 114 Å². The summed E-state index contributed by atoms with van der Waals surface area (Å²) in [6, 6.07) is 9.13. The first-order chi connectivity index (χ1) is 9.31.